The van der Waals surface area contributed by atoms with Crippen LogP contribution < -0.4 is 4.90 Å². The Kier molecular flexibility index (Phi) is 5.18. The van der Waals surface area contributed by atoms with Crippen LogP contribution in [-0.4, -0.2) is 22.1 Å². The summed E-state index contributed by atoms with van der Waals surface area (Å²) in [7, 11) is 0. The topological polar surface area (TPSA) is 46.1 Å². The normalized spacial score (nSPS) is 10.9. The minimum atomic E-state index is -0.0655. The monoisotopic (exact) mass is 391 g/mol. The van der Waals surface area contributed by atoms with Gasteiger partial charge in [0.25, 0.3) is 5.91 Å². The van der Waals surface area contributed by atoms with E-state index in [4.69, 9.17) is 4.98 Å². The van der Waals surface area contributed by atoms with Gasteiger partial charge in [0, 0.05) is 22.9 Å². The lowest BCUT2D eigenvalue weighted by molar-refractivity contribution is 0.0985. The van der Waals surface area contributed by atoms with Crippen LogP contribution in [0.3, 0.4) is 0 Å². The Morgan fingerprint density at radius 1 is 1.07 bits per heavy atom. The van der Waals surface area contributed by atoms with Gasteiger partial charge in [-0.2, -0.15) is 0 Å². The van der Waals surface area contributed by atoms with Crippen molar-refractivity contribution in [2.45, 2.75) is 11.4 Å². The molecule has 0 spiro atoms. The number of nitrogens with zero attached hydrogens (tertiary/aromatic N) is 3. The number of hydrogen-bond donors (Lipinski definition) is 0. The molecule has 0 atom stereocenters. The first-order chi connectivity index (χ1) is 13.3. The van der Waals surface area contributed by atoms with Gasteiger partial charge in [-0.1, -0.05) is 41.7 Å². The Bertz CT molecular complexity index is 1060. The predicted molar refractivity (Wildman–Crippen MR) is 113 cm³/mol. The van der Waals surface area contributed by atoms with Crippen LogP contribution in [0.5, 0.6) is 0 Å². The van der Waals surface area contributed by atoms with Gasteiger partial charge in [-0.05, 0) is 42.2 Å². The van der Waals surface area contributed by atoms with Crippen LogP contribution in [0, 0.1) is 0 Å². The molecule has 0 saturated carbocycles. The van der Waals surface area contributed by atoms with Gasteiger partial charge in [0.1, 0.15) is 0 Å². The van der Waals surface area contributed by atoms with Crippen molar-refractivity contribution in [3.63, 3.8) is 0 Å². The highest BCUT2D eigenvalue weighted by atomic mass is 32.2. The van der Waals surface area contributed by atoms with E-state index in [1.165, 1.54) is 11.3 Å². The number of anilines is 1. The Balaban J connectivity index is 1.79. The molecule has 4 aromatic rings. The first-order valence-electron chi connectivity index (χ1n) is 8.45. The number of aromatic nitrogens is 2. The summed E-state index contributed by atoms with van der Waals surface area (Å²) in [5.41, 5.74) is 2.55. The van der Waals surface area contributed by atoms with E-state index in [0.29, 0.717) is 17.2 Å². The van der Waals surface area contributed by atoms with Gasteiger partial charge in [0.05, 0.1) is 16.8 Å². The van der Waals surface area contributed by atoms with Crippen LogP contribution in [0.4, 0.5) is 5.13 Å². The summed E-state index contributed by atoms with van der Waals surface area (Å²) in [4.78, 5) is 25.1. The molecule has 4 nitrogen and oxygen atoms in total. The number of carbonyl (C=O) groups excluding carboxylic acids is 1. The highest BCUT2D eigenvalue weighted by Crippen LogP contribution is 2.35. The van der Waals surface area contributed by atoms with Crippen molar-refractivity contribution in [1.82, 2.24) is 9.97 Å². The van der Waals surface area contributed by atoms with Crippen LogP contribution in [0.2, 0.25) is 0 Å². The second kappa shape index (κ2) is 7.90. The molecule has 0 aliphatic heterocycles. The van der Waals surface area contributed by atoms with Crippen LogP contribution in [-0.2, 0) is 6.54 Å². The SMILES string of the molecule is CSc1cccc2sc(N(Cc3cccnc3)C(=O)c3ccccc3)nc12. The molecular formula is C21H17N3OS2. The fraction of sp³-hybridized carbons (Fsp3) is 0.0952. The number of fused-ring (bicyclic) bond motifs is 1. The minimum absolute atomic E-state index is 0.0655. The molecule has 0 unspecified atom stereocenters. The van der Waals surface area contributed by atoms with Crippen LogP contribution in [0.15, 0.2) is 78.0 Å². The van der Waals surface area contributed by atoms with Gasteiger partial charge in [0.15, 0.2) is 5.13 Å². The number of para-hydroxylation sites is 1. The number of thioether (sulfide) groups is 1. The second-order valence-electron chi connectivity index (χ2n) is 5.92. The molecule has 1 amide bonds. The third kappa shape index (κ3) is 3.72. The largest absolute Gasteiger partial charge is 0.279 e. The lowest BCUT2D eigenvalue weighted by Gasteiger charge is -2.20. The maximum Gasteiger partial charge on any atom is 0.260 e. The first kappa shape index (κ1) is 17.7. The highest BCUT2D eigenvalue weighted by molar-refractivity contribution is 7.98. The zero-order valence-corrected chi connectivity index (χ0v) is 16.3. The molecule has 0 bridgehead atoms. The van der Waals surface area contributed by atoms with Crippen molar-refractivity contribution in [3.8, 4) is 0 Å². The molecule has 0 N–H and O–H groups in total. The smallest absolute Gasteiger partial charge is 0.260 e. The van der Waals surface area contributed by atoms with Crippen molar-refractivity contribution in [1.29, 1.82) is 0 Å². The molecule has 0 radical (unpaired) electrons. The summed E-state index contributed by atoms with van der Waals surface area (Å²) in [5, 5.41) is 0.698. The van der Waals surface area contributed by atoms with Crippen LogP contribution in [0.25, 0.3) is 10.2 Å². The molecule has 2 heterocycles. The highest BCUT2D eigenvalue weighted by Gasteiger charge is 2.22. The van der Waals surface area contributed by atoms with Gasteiger partial charge in [-0.15, -0.1) is 11.8 Å². The molecule has 2 aromatic heterocycles. The Hall–Kier alpha value is -2.70. The number of amides is 1. The van der Waals surface area contributed by atoms with Crippen molar-refractivity contribution in [3.05, 3.63) is 84.2 Å². The molecule has 134 valence electrons. The van der Waals surface area contributed by atoms with Gasteiger partial charge < -0.3 is 0 Å². The van der Waals surface area contributed by atoms with E-state index < -0.39 is 0 Å². The minimum Gasteiger partial charge on any atom is -0.279 e. The maximum atomic E-state index is 13.2. The van der Waals surface area contributed by atoms with Crippen LogP contribution >= 0.6 is 23.1 Å². The molecule has 4 rings (SSSR count). The predicted octanol–water partition coefficient (Wildman–Crippen LogP) is 5.26. The summed E-state index contributed by atoms with van der Waals surface area (Å²) in [6.45, 7) is 0.427. The summed E-state index contributed by atoms with van der Waals surface area (Å²) in [6, 6.07) is 19.3. The van der Waals surface area contributed by atoms with Crippen molar-refractivity contribution in [2.24, 2.45) is 0 Å². The number of pyridine rings is 1. The Morgan fingerprint density at radius 2 is 1.93 bits per heavy atom. The van der Waals surface area contributed by atoms with Crippen LogP contribution in [0.1, 0.15) is 15.9 Å². The average molecular weight is 392 g/mol. The quantitative estimate of drug-likeness (QED) is 0.435. The molecule has 0 fully saturated rings. The number of carbonyl (C=O) groups is 1. The lowest BCUT2D eigenvalue weighted by Crippen LogP contribution is -2.30. The molecule has 0 aliphatic carbocycles. The Morgan fingerprint density at radius 3 is 2.67 bits per heavy atom. The van der Waals surface area contributed by atoms with E-state index in [9.17, 15) is 4.79 Å². The van der Waals surface area contributed by atoms with Gasteiger partial charge in [0.2, 0.25) is 0 Å². The standard InChI is InChI=1S/C21H17N3OS2/c1-26-17-10-5-11-18-19(17)23-21(27-18)24(14-15-7-6-12-22-13-15)20(25)16-8-3-2-4-9-16/h2-13H,14H2,1H3. The fourth-order valence-electron chi connectivity index (χ4n) is 2.83. The summed E-state index contributed by atoms with van der Waals surface area (Å²) < 4.78 is 1.08. The van der Waals surface area contributed by atoms with Gasteiger partial charge in [-0.25, -0.2) is 4.98 Å². The van der Waals surface area contributed by atoms with Crippen molar-refractivity contribution < 1.29 is 4.79 Å². The molecular weight excluding hydrogens is 374 g/mol. The molecule has 27 heavy (non-hydrogen) atoms. The fourth-order valence-corrected chi connectivity index (χ4v) is 4.45. The molecule has 6 heteroatoms. The first-order valence-corrected chi connectivity index (χ1v) is 10.5. The van der Waals surface area contributed by atoms with E-state index in [2.05, 4.69) is 11.1 Å². The van der Waals surface area contributed by atoms with Crippen molar-refractivity contribution >= 4 is 44.4 Å². The second-order valence-corrected chi connectivity index (χ2v) is 7.78. The summed E-state index contributed by atoms with van der Waals surface area (Å²) in [5.74, 6) is -0.0655. The third-order valence-corrected chi connectivity index (χ3v) is 5.96. The van der Waals surface area contributed by atoms with Gasteiger partial charge in [-0.3, -0.25) is 14.7 Å². The lowest BCUT2D eigenvalue weighted by atomic mass is 10.2. The molecule has 0 saturated heterocycles. The third-order valence-electron chi connectivity index (χ3n) is 4.15. The maximum absolute atomic E-state index is 13.2. The van der Waals surface area contributed by atoms with Crippen molar-refractivity contribution in [2.75, 3.05) is 11.2 Å². The zero-order chi connectivity index (χ0) is 18.6. The summed E-state index contributed by atoms with van der Waals surface area (Å²) in [6.07, 6.45) is 5.55. The molecule has 0 aliphatic rings. The average Bonchev–Trinajstić information content (AvgIpc) is 3.17. The Labute approximate surface area is 165 Å². The van der Waals surface area contributed by atoms with E-state index in [1.54, 1.807) is 29.1 Å². The number of thiazole rings is 1. The summed E-state index contributed by atoms with van der Waals surface area (Å²) >= 11 is 3.20. The zero-order valence-electron chi connectivity index (χ0n) is 14.7. The molecule has 2 aromatic carbocycles. The number of rotatable bonds is 5. The van der Waals surface area contributed by atoms with E-state index in [1.807, 2.05) is 60.9 Å². The number of benzene rings is 2. The van der Waals surface area contributed by atoms with E-state index >= 15 is 0 Å². The van der Waals surface area contributed by atoms with Gasteiger partial charge >= 0.3 is 0 Å². The van der Waals surface area contributed by atoms with E-state index in [0.717, 1.165) is 20.7 Å². The van der Waals surface area contributed by atoms with E-state index in [-0.39, 0.29) is 5.91 Å². The number of hydrogen-bond acceptors (Lipinski definition) is 5.